The molecule has 0 bridgehead atoms. The van der Waals surface area contributed by atoms with Gasteiger partial charge >= 0.3 is 0 Å². The van der Waals surface area contributed by atoms with Crippen molar-refractivity contribution in [3.63, 3.8) is 0 Å². The lowest BCUT2D eigenvalue weighted by molar-refractivity contribution is 0.0989. The first-order chi connectivity index (χ1) is 12.0. The van der Waals surface area contributed by atoms with Crippen molar-refractivity contribution in [3.05, 3.63) is 46.2 Å². The zero-order valence-corrected chi connectivity index (χ0v) is 16.1. The normalized spacial score (nSPS) is 14.6. The molecule has 0 spiro atoms. The molecule has 3 rings (SSSR count). The maximum atomic E-state index is 12.7. The molecule has 1 aliphatic rings. The molecule has 134 valence electrons. The van der Waals surface area contributed by atoms with Gasteiger partial charge in [0.05, 0.1) is 9.77 Å². The standard InChI is InChI=1S/C18H22N2O3S2/c1-3-19(4-2)25(22,23)15-9-10-16-14(13-15)7-5-11-20(16)18(21)17-8-6-12-24-17/h6,8-10,12-13H,3-5,7,11H2,1-2H3. The second-order valence-electron chi connectivity index (χ2n) is 5.92. The Labute approximate surface area is 152 Å². The van der Waals surface area contributed by atoms with Gasteiger partial charge in [-0.15, -0.1) is 11.3 Å². The minimum atomic E-state index is -3.48. The largest absolute Gasteiger partial charge is 0.307 e. The van der Waals surface area contributed by atoms with Crippen molar-refractivity contribution < 1.29 is 13.2 Å². The number of thiophene rings is 1. The highest BCUT2D eigenvalue weighted by Gasteiger charge is 2.27. The highest BCUT2D eigenvalue weighted by atomic mass is 32.2. The molecule has 0 aliphatic carbocycles. The van der Waals surface area contributed by atoms with E-state index in [9.17, 15) is 13.2 Å². The van der Waals surface area contributed by atoms with Crippen molar-refractivity contribution in [1.82, 2.24) is 4.31 Å². The van der Waals surface area contributed by atoms with Gasteiger partial charge in [0.15, 0.2) is 0 Å². The summed E-state index contributed by atoms with van der Waals surface area (Å²) in [5.74, 6) is -0.0182. The number of amides is 1. The molecule has 0 saturated carbocycles. The minimum absolute atomic E-state index is 0.0182. The third kappa shape index (κ3) is 3.36. The number of aryl methyl sites for hydroxylation is 1. The Morgan fingerprint density at radius 3 is 2.64 bits per heavy atom. The number of nitrogens with zero attached hydrogens (tertiary/aromatic N) is 2. The predicted molar refractivity (Wildman–Crippen MR) is 101 cm³/mol. The summed E-state index contributed by atoms with van der Waals surface area (Å²) in [5.41, 5.74) is 1.74. The van der Waals surface area contributed by atoms with E-state index in [2.05, 4.69) is 0 Å². The highest BCUT2D eigenvalue weighted by Crippen LogP contribution is 2.32. The average molecular weight is 379 g/mol. The Morgan fingerprint density at radius 2 is 2.00 bits per heavy atom. The van der Waals surface area contributed by atoms with Crippen LogP contribution >= 0.6 is 11.3 Å². The topological polar surface area (TPSA) is 57.7 Å². The van der Waals surface area contributed by atoms with Gasteiger partial charge in [-0.25, -0.2) is 8.42 Å². The number of hydrogen-bond acceptors (Lipinski definition) is 4. The average Bonchev–Trinajstić information content (AvgIpc) is 3.15. The molecular weight excluding hydrogens is 356 g/mol. The van der Waals surface area contributed by atoms with Crippen molar-refractivity contribution in [1.29, 1.82) is 0 Å². The molecule has 0 unspecified atom stereocenters. The zero-order valence-electron chi connectivity index (χ0n) is 14.4. The Balaban J connectivity index is 1.97. The van der Waals surface area contributed by atoms with Crippen LogP contribution in [0.3, 0.4) is 0 Å². The van der Waals surface area contributed by atoms with Crippen LogP contribution in [-0.2, 0) is 16.4 Å². The van der Waals surface area contributed by atoms with Gasteiger partial charge in [0.1, 0.15) is 0 Å². The molecule has 25 heavy (non-hydrogen) atoms. The van der Waals surface area contributed by atoms with Crippen molar-refractivity contribution in [2.75, 3.05) is 24.5 Å². The summed E-state index contributed by atoms with van der Waals surface area (Å²) in [6.07, 6.45) is 1.62. The van der Waals surface area contributed by atoms with E-state index < -0.39 is 10.0 Å². The van der Waals surface area contributed by atoms with E-state index in [1.807, 2.05) is 31.4 Å². The Bertz CT molecular complexity index is 856. The van der Waals surface area contributed by atoms with Gasteiger partial charge in [0.2, 0.25) is 10.0 Å². The zero-order chi connectivity index (χ0) is 18.0. The molecule has 2 heterocycles. The first kappa shape index (κ1) is 18.1. The lowest BCUT2D eigenvalue weighted by atomic mass is 10.0. The summed E-state index contributed by atoms with van der Waals surface area (Å²) in [6.45, 7) is 5.21. The van der Waals surface area contributed by atoms with Gasteiger partial charge < -0.3 is 4.90 Å². The van der Waals surface area contributed by atoms with Crippen LogP contribution in [0, 0.1) is 0 Å². The minimum Gasteiger partial charge on any atom is -0.307 e. The number of benzene rings is 1. The first-order valence-corrected chi connectivity index (χ1v) is 10.8. The van der Waals surface area contributed by atoms with Crippen molar-refractivity contribution in [2.45, 2.75) is 31.6 Å². The molecule has 7 heteroatoms. The second kappa shape index (κ2) is 7.27. The monoisotopic (exact) mass is 378 g/mol. The molecular formula is C18H22N2O3S2. The molecule has 0 radical (unpaired) electrons. The number of anilines is 1. The second-order valence-corrected chi connectivity index (χ2v) is 8.80. The number of sulfonamides is 1. The molecule has 0 fully saturated rings. The van der Waals surface area contributed by atoms with Crippen molar-refractivity contribution in [2.24, 2.45) is 0 Å². The van der Waals surface area contributed by atoms with Gasteiger partial charge in [-0.2, -0.15) is 4.31 Å². The fourth-order valence-corrected chi connectivity index (χ4v) is 5.37. The van der Waals surface area contributed by atoms with E-state index in [1.165, 1.54) is 15.6 Å². The summed E-state index contributed by atoms with van der Waals surface area (Å²) >= 11 is 1.42. The van der Waals surface area contributed by atoms with E-state index >= 15 is 0 Å². The SMILES string of the molecule is CCN(CC)S(=O)(=O)c1ccc2c(c1)CCCN2C(=O)c1cccs1. The van der Waals surface area contributed by atoms with Crippen LogP contribution in [0.1, 0.15) is 35.5 Å². The van der Waals surface area contributed by atoms with E-state index in [0.29, 0.717) is 29.4 Å². The highest BCUT2D eigenvalue weighted by molar-refractivity contribution is 7.89. The lowest BCUT2D eigenvalue weighted by Crippen LogP contribution is -2.35. The van der Waals surface area contributed by atoms with Crippen molar-refractivity contribution in [3.8, 4) is 0 Å². The molecule has 0 N–H and O–H groups in total. The first-order valence-electron chi connectivity index (χ1n) is 8.47. The molecule has 1 aromatic heterocycles. The van der Waals surface area contributed by atoms with Crippen LogP contribution < -0.4 is 4.90 Å². The number of fused-ring (bicyclic) bond motifs is 1. The predicted octanol–water partition coefficient (Wildman–Crippen LogP) is 3.37. The van der Waals surface area contributed by atoms with Crippen molar-refractivity contribution >= 4 is 33.0 Å². The summed E-state index contributed by atoms with van der Waals surface area (Å²) < 4.78 is 26.9. The Kier molecular flexibility index (Phi) is 5.27. The number of carbonyl (C=O) groups is 1. The number of hydrogen-bond donors (Lipinski definition) is 0. The molecule has 1 aromatic carbocycles. The van der Waals surface area contributed by atoms with E-state index in [1.54, 1.807) is 23.1 Å². The molecule has 2 aromatic rings. The van der Waals surface area contributed by atoms with Gasteiger partial charge in [-0.1, -0.05) is 19.9 Å². The molecule has 5 nitrogen and oxygen atoms in total. The van der Waals surface area contributed by atoms with Gasteiger partial charge in [-0.05, 0) is 48.1 Å². The van der Waals surface area contributed by atoms with Crippen LogP contribution in [0.15, 0.2) is 40.6 Å². The summed E-state index contributed by atoms with van der Waals surface area (Å²) in [6, 6.07) is 8.81. The van der Waals surface area contributed by atoms with Crippen LogP contribution in [0.25, 0.3) is 0 Å². The Hall–Kier alpha value is -1.70. The Morgan fingerprint density at radius 1 is 1.24 bits per heavy atom. The molecule has 0 atom stereocenters. The van der Waals surface area contributed by atoms with Gasteiger partial charge in [-0.3, -0.25) is 4.79 Å². The van der Waals surface area contributed by atoms with E-state index in [4.69, 9.17) is 0 Å². The van der Waals surface area contributed by atoms with Crippen LogP contribution in [0.2, 0.25) is 0 Å². The summed E-state index contributed by atoms with van der Waals surface area (Å²) in [7, 11) is -3.48. The summed E-state index contributed by atoms with van der Waals surface area (Å²) in [5, 5.41) is 1.89. The molecule has 0 saturated heterocycles. The van der Waals surface area contributed by atoms with Crippen LogP contribution in [-0.4, -0.2) is 38.3 Å². The molecule has 1 amide bonds. The fourth-order valence-electron chi connectivity index (χ4n) is 3.19. The maximum Gasteiger partial charge on any atom is 0.268 e. The quantitative estimate of drug-likeness (QED) is 0.801. The number of rotatable bonds is 5. The smallest absolute Gasteiger partial charge is 0.268 e. The van der Waals surface area contributed by atoms with Gasteiger partial charge in [0.25, 0.3) is 5.91 Å². The van der Waals surface area contributed by atoms with Crippen LogP contribution in [0.5, 0.6) is 0 Å². The number of carbonyl (C=O) groups excluding carboxylic acids is 1. The third-order valence-electron chi connectivity index (χ3n) is 4.49. The maximum absolute atomic E-state index is 12.7. The molecule has 1 aliphatic heterocycles. The van der Waals surface area contributed by atoms with E-state index in [-0.39, 0.29) is 5.91 Å². The third-order valence-corrected chi connectivity index (χ3v) is 7.39. The van der Waals surface area contributed by atoms with Gasteiger partial charge in [0, 0.05) is 25.3 Å². The fraction of sp³-hybridized carbons (Fsp3) is 0.389. The lowest BCUT2D eigenvalue weighted by Gasteiger charge is -2.30. The summed E-state index contributed by atoms with van der Waals surface area (Å²) in [4.78, 5) is 15.5. The van der Waals surface area contributed by atoms with E-state index in [0.717, 1.165) is 24.1 Å². The van der Waals surface area contributed by atoms with Crippen LogP contribution in [0.4, 0.5) is 5.69 Å².